The number of benzene rings is 2. The van der Waals surface area contributed by atoms with E-state index in [0.717, 1.165) is 11.5 Å². The van der Waals surface area contributed by atoms with E-state index in [1.165, 1.54) is 24.1 Å². The second-order valence-electron chi connectivity index (χ2n) is 5.66. The fourth-order valence-electron chi connectivity index (χ4n) is 2.52. The lowest BCUT2D eigenvalue weighted by molar-refractivity contribution is 0.112. The molecule has 0 aromatic heterocycles. The Morgan fingerprint density at radius 1 is 1.24 bits per heavy atom. The van der Waals surface area contributed by atoms with Crippen LogP contribution in [0.15, 0.2) is 42.5 Å². The normalized spacial score (nSPS) is 20.1. The van der Waals surface area contributed by atoms with Gasteiger partial charge >= 0.3 is 0 Å². The lowest BCUT2D eigenvalue weighted by Gasteiger charge is -2.08. The van der Waals surface area contributed by atoms with Crippen LogP contribution in [-0.2, 0) is 6.61 Å². The van der Waals surface area contributed by atoms with E-state index in [0.29, 0.717) is 24.4 Å². The Morgan fingerprint density at radius 3 is 2.52 bits per heavy atom. The molecule has 0 radical (unpaired) electrons. The van der Waals surface area contributed by atoms with Crippen molar-refractivity contribution in [2.24, 2.45) is 5.92 Å². The van der Waals surface area contributed by atoms with Gasteiger partial charge in [-0.1, -0.05) is 31.2 Å². The highest BCUT2D eigenvalue weighted by Crippen LogP contribution is 2.46. The molecule has 1 aliphatic rings. The van der Waals surface area contributed by atoms with E-state index >= 15 is 0 Å². The molecule has 0 N–H and O–H groups in total. The Balaban J connectivity index is 1.63. The van der Waals surface area contributed by atoms with E-state index in [1.807, 2.05) is 12.1 Å². The average Bonchev–Trinajstić information content (AvgIpc) is 3.23. The van der Waals surface area contributed by atoms with Crippen molar-refractivity contribution in [1.82, 2.24) is 0 Å². The fourth-order valence-corrected chi connectivity index (χ4v) is 2.52. The summed E-state index contributed by atoms with van der Waals surface area (Å²) < 4.78 is 19.1. The number of halogens is 1. The zero-order valence-electron chi connectivity index (χ0n) is 11.9. The Morgan fingerprint density at radius 2 is 1.95 bits per heavy atom. The van der Waals surface area contributed by atoms with Crippen LogP contribution < -0.4 is 4.74 Å². The van der Waals surface area contributed by atoms with Gasteiger partial charge in [0.15, 0.2) is 11.6 Å². The standard InChI is InChI=1S/C18H17FO2/c1-12-8-16(12)15-5-2-13(3-6-15)11-21-18-7-4-14(10-20)9-17(18)19/h2-7,9-10,12,16H,8,11H2,1H3/t12?,16-/m1/s1. The number of carbonyl (C=O) groups excluding carboxylic acids is 1. The smallest absolute Gasteiger partial charge is 0.165 e. The van der Waals surface area contributed by atoms with Crippen LogP contribution in [-0.4, -0.2) is 6.29 Å². The van der Waals surface area contributed by atoms with Gasteiger partial charge in [-0.25, -0.2) is 4.39 Å². The number of hydrogen-bond donors (Lipinski definition) is 0. The summed E-state index contributed by atoms with van der Waals surface area (Å²) >= 11 is 0. The molecule has 1 saturated carbocycles. The molecule has 0 bridgehead atoms. The summed E-state index contributed by atoms with van der Waals surface area (Å²) in [5, 5.41) is 0. The van der Waals surface area contributed by atoms with Crippen molar-refractivity contribution in [2.75, 3.05) is 0 Å². The third-order valence-corrected chi connectivity index (χ3v) is 4.00. The lowest BCUT2D eigenvalue weighted by atomic mass is 10.1. The zero-order chi connectivity index (χ0) is 14.8. The van der Waals surface area contributed by atoms with Crippen LogP contribution in [0.5, 0.6) is 5.75 Å². The Labute approximate surface area is 123 Å². The summed E-state index contributed by atoms with van der Waals surface area (Å²) in [5.41, 5.74) is 2.68. The molecule has 2 aromatic carbocycles. The topological polar surface area (TPSA) is 26.3 Å². The van der Waals surface area contributed by atoms with E-state index < -0.39 is 5.82 Å². The molecule has 108 valence electrons. The van der Waals surface area contributed by atoms with Crippen LogP contribution in [0.3, 0.4) is 0 Å². The van der Waals surface area contributed by atoms with Gasteiger partial charge in [-0.05, 0) is 47.6 Å². The number of hydrogen-bond acceptors (Lipinski definition) is 2. The van der Waals surface area contributed by atoms with E-state index in [1.54, 1.807) is 6.07 Å². The van der Waals surface area contributed by atoms with Gasteiger partial charge in [0.05, 0.1) is 0 Å². The average molecular weight is 284 g/mol. The van der Waals surface area contributed by atoms with Gasteiger partial charge in [0.25, 0.3) is 0 Å². The van der Waals surface area contributed by atoms with Crippen molar-refractivity contribution in [3.05, 3.63) is 65.0 Å². The minimum absolute atomic E-state index is 0.167. The maximum absolute atomic E-state index is 13.7. The van der Waals surface area contributed by atoms with Crippen LogP contribution in [0, 0.1) is 11.7 Å². The molecule has 1 aliphatic carbocycles. The first-order valence-corrected chi connectivity index (χ1v) is 7.13. The highest BCUT2D eigenvalue weighted by atomic mass is 19.1. The lowest BCUT2D eigenvalue weighted by Crippen LogP contribution is -1.98. The third-order valence-electron chi connectivity index (χ3n) is 4.00. The van der Waals surface area contributed by atoms with Crippen LogP contribution in [0.4, 0.5) is 4.39 Å². The Hall–Kier alpha value is -2.16. The summed E-state index contributed by atoms with van der Waals surface area (Å²) in [4.78, 5) is 10.6. The van der Waals surface area contributed by atoms with Gasteiger partial charge in [-0.3, -0.25) is 4.79 Å². The summed E-state index contributed by atoms with van der Waals surface area (Å²) in [6.45, 7) is 2.57. The molecule has 1 fully saturated rings. The Bertz CT molecular complexity index is 649. The monoisotopic (exact) mass is 284 g/mol. The maximum Gasteiger partial charge on any atom is 0.165 e. The molecule has 0 saturated heterocycles. The Kier molecular flexibility index (Phi) is 3.74. The number of ether oxygens (including phenoxy) is 1. The molecule has 0 heterocycles. The number of carbonyl (C=O) groups is 1. The number of rotatable bonds is 5. The third kappa shape index (κ3) is 3.13. The maximum atomic E-state index is 13.7. The SMILES string of the molecule is CC1C[C@H]1c1ccc(COc2ccc(C=O)cc2F)cc1. The van der Waals surface area contributed by atoms with Crippen molar-refractivity contribution >= 4 is 6.29 Å². The minimum Gasteiger partial charge on any atom is -0.486 e. The van der Waals surface area contributed by atoms with Crippen molar-refractivity contribution in [3.8, 4) is 5.75 Å². The van der Waals surface area contributed by atoms with Crippen LogP contribution in [0.25, 0.3) is 0 Å². The zero-order valence-corrected chi connectivity index (χ0v) is 11.9. The quantitative estimate of drug-likeness (QED) is 0.763. The second kappa shape index (κ2) is 5.68. The first kappa shape index (κ1) is 13.8. The van der Waals surface area contributed by atoms with Gasteiger partial charge in [-0.15, -0.1) is 0 Å². The van der Waals surface area contributed by atoms with E-state index in [9.17, 15) is 9.18 Å². The molecule has 2 aromatic rings. The summed E-state index contributed by atoms with van der Waals surface area (Å²) in [5.74, 6) is 1.15. The van der Waals surface area contributed by atoms with Gasteiger partial charge in [0.2, 0.25) is 0 Å². The largest absolute Gasteiger partial charge is 0.486 e. The van der Waals surface area contributed by atoms with E-state index in [4.69, 9.17) is 4.74 Å². The predicted octanol–water partition coefficient (Wildman–Crippen LogP) is 4.34. The van der Waals surface area contributed by atoms with Crippen molar-refractivity contribution in [1.29, 1.82) is 0 Å². The van der Waals surface area contributed by atoms with E-state index in [2.05, 4.69) is 19.1 Å². The predicted molar refractivity (Wildman–Crippen MR) is 79.1 cm³/mol. The molecule has 2 atom stereocenters. The van der Waals surface area contributed by atoms with Crippen LogP contribution in [0.2, 0.25) is 0 Å². The molecule has 3 heteroatoms. The summed E-state index contributed by atoms with van der Waals surface area (Å²) in [6, 6.07) is 12.5. The molecule has 21 heavy (non-hydrogen) atoms. The number of aldehydes is 1. The first-order chi connectivity index (χ1) is 10.2. The second-order valence-corrected chi connectivity index (χ2v) is 5.66. The fraction of sp³-hybridized carbons (Fsp3) is 0.278. The highest BCUT2D eigenvalue weighted by Gasteiger charge is 2.33. The molecule has 1 unspecified atom stereocenters. The molecule has 0 amide bonds. The first-order valence-electron chi connectivity index (χ1n) is 7.13. The highest BCUT2D eigenvalue weighted by molar-refractivity contribution is 5.74. The minimum atomic E-state index is -0.511. The molecule has 2 nitrogen and oxygen atoms in total. The van der Waals surface area contributed by atoms with Crippen molar-refractivity contribution < 1.29 is 13.9 Å². The summed E-state index contributed by atoms with van der Waals surface area (Å²) in [6.07, 6.45) is 1.88. The van der Waals surface area contributed by atoms with Crippen LogP contribution in [0.1, 0.15) is 40.7 Å². The molecular formula is C18H17FO2. The van der Waals surface area contributed by atoms with Gasteiger partial charge in [0.1, 0.15) is 12.9 Å². The molecule has 3 rings (SSSR count). The molecular weight excluding hydrogens is 267 g/mol. The van der Waals surface area contributed by atoms with Crippen LogP contribution >= 0.6 is 0 Å². The van der Waals surface area contributed by atoms with Gasteiger partial charge in [0, 0.05) is 5.56 Å². The van der Waals surface area contributed by atoms with Gasteiger partial charge in [-0.2, -0.15) is 0 Å². The molecule has 0 aliphatic heterocycles. The van der Waals surface area contributed by atoms with Gasteiger partial charge < -0.3 is 4.74 Å². The van der Waals surface area contributed by atoms with Crippen molar-refractivity contribution in [3.63, 3.8) is 0 Å². The van der Waals surface area contributed by atoms with E-state index in [-0.39, 0.29) is 5.75 Å². The summed E-state index contributed by atoms with van der Waals surface area (Å²) in [7, 11) is 0. The van der Waals surface area contributed by atoms with Crippen molar-refractivity contribution in [2.45, 2.75) is 25.9 Å². The molecule has 0 spiro atoms.